The summed E-state index contributed by atoms with van der Waals surface area (Å²) >= 11 is 6.27. The summed E-state index contributed by atoms with van der Waals surface area (Å²) in [6, 6.07) is 5.12. The van der Waals surface area contributed by atoms with Crippen LogP contribution in [-0.4, -0.2) is 57.9 Å². The van der Waals surface area contributed by atoms with E-state index in [1.165, 1.54) is 16.7 Å². The first-order valence-corrected chi connectivity index (χ1v) is 11.1. The summed E-state index contributed by atoms with van der Waals surface area (Å²) in [4.78, 5) is 40.6. The Morgan fingerprint density at radius 3 is 2.61 bits per heavy atom. The lowest BCUT2D eigenvalue weighted by Crippen LogP contribution is -2.62. The van der Waals surface area contributed by atoms with Gasteiger partial charge in [-0.1, -0.05) is 18.2 Å². The number of hydrogen-bond donors (Lipinski definition) is 1. The molecule has 31 heavy (non-hydrogen) atoms. The highest BCUT2D eigenvalue weighted by Crippen LogP contribution is 2.45. The van der Waals surface area contributed by atoms with E-state index in [4.69, 9.17) is 11.6 Å². The molecule has 0 radical (unpaired) electrons. The molecule has 3 aliphatic rings. The smallest absolute Gasteiger partial charge is 0.324 e. The Bertz CT molecular complexity index is 1110. The number of aromatic nitrogens is 1. The molecular formula is C23H25ClN4O3. The molecule has 1 aromatic carbocycles. The molecule has 5 rings (SSSR count). The molecule has 0 spiro atoms. The number of aryl methyl sites for hydroxylation is 1. The van der Waals surface area contributed by atoms with Gasteiger partial charge in [0, 0.05) is 35.7 Å². The van der Waals surface area contributed by atoms with E-state index < -0.39 is 0 Å². The second-order valence-electron chi connectivity index (χ2n) is 8.76. The molecule has 1 unspecified atom stereocenters. The number of likely N-dealkylation sites (tertiary alicyclic amines) is 2. The van der Waals surface area contributed by atoms with E-state index in [1.807, 2.05) is 19.1 Å². The normalized spacial score (nSPS) is 21.5. The van der Waals surface area contributed by atoms with Gasteiger partial charge in [-0.3, -0.25) is 14.5 Å². The molecular weight excluding hydrogens is 416 g/mol. The molecule has 0 bridgehead atoms. The summed E-state index contributed by atoms with van der Waals surface area (Å²) in [5.41, 5.74) is 3.23. The highest BCUT2D eigenvalue weighted by atomic mass is 35.5. The van der Waals surface area contributed by atoms with E-state index in [-0.39, 0.29) is 29.9 Å². The fourth-order valence-electron chi connectivity index (χ4n) is 4.83. The van der Waals surface area contributed by atoms with Gasteiger partial charge in [-0.2, -0.15) is 0 Å². The summed E-state index contributed by atoms with van der Waals surface area (Å²) < 4.78 is 2.15. The van der Waals surface area contributed by atoms with E-state index in [0.717, 1.165) is 29.3 Å². The maximum atomic E-state index is 13.3. The summed E-state index contributed by atoms with van der Waals surface area (Å²) in [5, 5.41) is 4.61. The van der Waals surface area contributed by atoms with Crippen molar-refractivity contribution in [2.24, 2.45) is 0 Å². The highest BCUT2D eigenvalue weighted by molar-refractivity contribution is 6.31. The zero-order chi connectivity index (χ0) is 21.9. The number of benzene rings is 1. The Labute approximate surface area is 185 Å². The first-order valence-electron chi connectivity index (χ1n) is 10.7. The van der Waals surface area contributed by atoms with E-state index in [0.29, 0.717) is 37.0 Å². The first kappa shape index (κ1) is 20.1. The van der Waals surface area contributed by atoms with E-state index in [2.05, 4.69) is 22.5 Å². The van der Waals surface area contributed by atoms with Crippen molar-refractivity contribution in [3.8, 4) is 0 Å². The van der Waals surface area contributed by atoms with Crippen LogP contribution in [0, 0.1) is 6.92 Å². The number of carbonyl (C=O) groups is 3. The van der Waals surface area contributed by atoms with E-state index in [9.17, 15) is 14.4 Å². The minimum absolute atomic E-state index is 0.137. The lowest BCUT2D eigenvalue weighted by Gasteiger charge is -2.39. The summed E-state index contributed by atoms with van der Waals surface area (Å²) in [6.45, 7) is 6.75. The van der Waals surface area contributed by atoms with Crippen LogP contribution in [0.5, 0.6) is 0 Å². The third-order valence-corrected chi connectivity index (χ3v) is 6.76. The van der Waals surface area contributed by atoms with Gasteiger partial charge in [-0.05, 0) is 61.9 Å². The van der Waals surface area contributed by atoms with Crippen molar-refractivity contribution in [1.82, 2.24) is 19.7 Å². The average Bonchev–Trinajstić information content (AvgIpc) is 3.37. The maximum absolute atomic E-state index is 13.3. The van der Waals surface area contributed by atoms with Gasteiger partial charge in [0.15, 0.2) is 0 Å². The Kier molecular flexibility index (Phi) is 4.81. The van der Waals surface area contributed by atoms with Gasteiger partial charge in [0.05, 0.1) is 11.6 Å². The van der Waals surface area contributed by atoms with Crippen LogP contribution >= 0.6 is 11.6 Å². The molecule has 1 atom stereocenters. The topological polar surface area (TPSA) is 74.7 Å². The Morgan fingerprint density at radius 1 is 1.19 bits per heavy atom. The third kappa shape index (κ3) is 3.41. The van der Waals surface area contributed by atoms with Crippen molar-refractivity contribution in [3.63, 3.8) is 0 Å². The lowest BCUT2D eigenvalue weighted by molar-refractivity contribution is -0.131. The highest BCUT2D eigenvalue weighted by Gasteiger charge is 2.41. The summed E-state index contributed by atoms with van der Waals surface area (Å²) in [6.07, 6.45) is 4.09. The molecule has 3 heterocycles. The van der Waals surface area contributed by atoms with Gasteiger partial charge < -0.3 is 14.8 Å². The second-order valence-corrected chi connectivity index (χ2v) is 9.20. The SMILES string of the molecule is C=CC(=O)N1CC(NC(=O)N2CCC(n3c(C4CC4)cc4cc(Cl)cc(C)c43)C2=O)C1. The number of fused-ring (bicyclic) bond motifs is 1. The first-order chi connectivity index (χ1) is 14.9. The molecule has 162 valence electrons. The van der Waals surface area contributed by atoms with Gasteiger partial charge in [-0.15, -0.1) is 0 Å². The molecule has 2 saturated heterocycles. The zero-order valence-electron chi connectivity index (χ0n) is 17.4. The Morgan fingerprint density at radius 2 is 1.94 bits per heavy atom. The predicted molar refractivity (Wildman–Crippen MR) is 118 cm³/mol. The number of urea groups is 1. The quantitative estimate of drug-likeness (QED) is 0.741. The number of hydrogen-bond acceptors (Lipinski definition) is 3. The fraction of sp³-hybridized carbons (Fsp3) is 0.435. The number of rotatable bonds is 4. The van der Waals surface area contributed by atoms with Crippen molar-refractivity contribution in [1.29, 1.82) is 0 Å². The average molecular weight is 441 g/mol. The number of nitrogens with zero attached hydrogens (tertiary/aromatic N) is 3. The van der Waals surface area contributed by atoms with Crippen LogP contribution in [0.15, 0.2) is 30.9 Å². The van der Waals surface area contributed by atoms with E-state index >= 15 is 0 Å². The standard InChI is InChI=1S/C23H25ClN4O3/c1-3-20(29)26-11-17(12-26)25-23(31)27-7-6-18(22(27)30)28-19(14-4-5-14)10-15-9-16(24)8-13(2)21(15)28/h3,8-10,14,17-18H,1,4-7,11-12H2,2H3,(H,25,31). The number of carbonyl (C=O) groups excluding carboxylic acids is 3. The molecule has 1 aliphatic carbocycles. The fourth-order valence-corrected chi connectivity index (χ4v) is 5.11. The summed E-state index contributed by atoms with van der Waals surface area (Å²) in [7, 11) is 0. The molecule has 8 heteroatoms. The lowest BCUT2D eigenvalue weighted by atomic mass is 10.1. The third-order valence-electron chi connectivity index (χ3n) is 6.54. The van der Waals surface area contributed by atoms with Crippen LogP contribution in [0.3, 0.4) is 0 Å². The second kappa shape index (κ2) is 7.41. The number of halogens is 1. The van der Waals surface area contributed by atoms with Crippen molar-refractivity contribution in [2.75, 3.05) is 19.6 Å². The molecule has 1 N–H and O–H groups in total. The van der Waals surface area contributed by atoms with Crippen LogP contribution < -0.4 is 5.32 Å². The number of imide groups is 1. The maximum Gasteiger partial charge on any atom is 0.324 e. The molecule has 7 nitrogen and oxygen atoms in total. The van der Waals surface area contributed by atoms with Crippen LogP contribution in [0.4, 0.5) is 4.79 Å². The van der Waals surface area contributed by atoms with Gasteiger partial charge >= 0.3 is 6.03 Å². The molecule has 3 fully saturated rings. The Hall–Kier alpha value is -2.80. The van der Waals surface area contributed by atoms with Crippen LogP contribution in [0.1, 0.15) is 42.5 Å². The van der Waals surface area contributed by atoms with Crippen molar-refractivity contribution >= 4 is 40.3 Å². The van der Waals surface area contributed by atoms with Gasteiger partial charge in [0.1, 0.15) is 6.04 Å². The van der Waals surface area contributed by atoms with Gasteiger partial charge in [0.25, 0.3) is 5.91 Å². The van der Waals surface area contributed by atoms with Gasteiger partial charge in [0.2, 0.25) is 5.91 Å². The minimum atomic E-state index is -0.390. The number of amides is 4. The van der Waals surface area contributed by atoms with Crippen molar-refractivity contribution in [3.05, 3.63) is 47.1 Å². The predicted octanol–water partition coefficient (Wildman–Crippen LogP) is 3.36. The van der Waals surface area contributed by atoms with Crippen molar-refractivity contribution < 1.29 is 14.4 Å². The van der Waals surface area contributed by atoms with Crippen molar-refractivity contribution in [2.45, 2.75) is 44.2 Å². The minimum Gasteiger partial charge on any atom is -0.335 e. The summed E-state index contributed by atoms with van der Waals surface area (Å²) in [5.74, 6) is 0.139. The molecule has 2 aromatic rings. The van der Waals surface area contributed by atoms with Crippen LogP contribution in [-0.2, 0) is 9.59 Å². The largest absolute Gasteiger partial charge is 0.335 e. The molecule has 1 aromatic heterocycles. The monoisotopic (exact) mass is 440 g/mol. The van der Waals surface area contributed by atoms with Crippen LogP contribution in [0.2, 0.25) is 5.02 Å². The van der Waals surface area contributed by atoms with E-state index in [1.54, 1.807) is 4.90 Å². The molecule has 1 saturated carbocycles. The van der Waals surface area contributed by atoms with Gasteiger partial charge in [-0.25, -0.2) is 4.79 Å². The van der Waals surface area contributed by atoms with Crippen LogP contribution in [0.25, 0.3) is 10.9 Å². The molecule has 4 amide bonds. The Balaban J connectivity index is 1.36. The zero-order valence-corrected chi connectivity index (χ0v) is 18.2. The number of nitrogens with one attached hydrogen (secondary N) is 1. The molecule has 2 aliphatic heterocycles.